The number of hydrogen-bond donors (Lipinski definition) is 3. The molecule has 0 nitrogen and oxygen atoms in total. The van der Waals surface area contributed by atoms with Crippen LogP contribution in [0.4, 0.5) is 0 Å². The van der Waals surface area contributed by atoms with E-state index in [0.29, 0.717) is 0 Å². The summed E-state index contributed by atoms with van der Waals surface area (Å²) in [5.74, 6) is 0. The van der Waals surface area contributed by atoms with Crippen molar-refractivity contribution in [2.75, 3.05) is 6.16 Å². The molecule has 0 N–H and O–H groups in total. The van der Waals surface area contributed by atoms with Gasteiger partial charge in [-0.25, -0.2) is 0 Å². The first-order valence-electron chi connectivity index (χ1n) is 7.23. The normalized spacial score (nSPS) is 12.9. The molecule has 0 bridgehead atoms. The maximum absolute atomic E-state index is 4.42. The number of unbranched alkanes of at least 4 members (excludes halogenated alkanes) is 10. The predicted molar refractivity (Wildman–Crippen MR) is 96.6 cm³/mol. The fourth-order valence-electron chi connectivity index (χ4n) is 2.03. The summed E-state index contributed by atoms with van der Waals surface area (Å²) in [6, 6.07) is 0. The van der Waals surface area contributed by atoms with Crippen LogP contribution in [-0.4, -0.2) is 6.16 Å². The van der Waals surface area contributed by atoms with E-state index in [4.69, 9.17) is 0 Å². The Hall–Kier alpha value is 1.48. The molecule has 0 aliphatic rings. The van der Waals surface area contributed by atoms with Gasteiger partial charge < -0.3 is 0 Å². The molecule has 17 heavy (non-hydrogen) atoms. The van der Waals surface area contributed by atoms with Gasteiger partial charge in [-0.1, -0.05) is 6.92 Å². The van der Waals surface area contributed by atoms with E-state index in [0.717, 1.165) is 6.16 Å². The fraction of sp³-hybridized carbons (Fsp3) is 1.00. The van der Waals surface area contributed by atoms with Crippen LogP contribution >= 0.6 is 41.6 Å². The van der Waals surface area contributed by atoms with Crippen LogP contribution in [-0.2, 0) is 0 Å². The van der Waals surface area contributed by atoms with E-state index >= 15 is 0 Å². The van der Waals surface area contributed by atoms with Gasteiger partial charge in [0.1, 0.15) is 0 Å². The molecule has 106 valence electrons. The molecule has 0 atom stereocenters. The SMILES string of the molecule is CCCCCCCCCCCCC[PH](S)(S)S. The molecule has 0 aliphatic heterocycles. The molecule has 0 saturated heterocycles. The van der Waals surface area contributed by atoms with Gasteiger partial charge in [-0.3, -0.25) is 0 Å². The second-order valence-electron chi connectivity index (χ2n) is 5.06. The molecule has 0 amide bonds. The Balaban J connectivity index is 2.99. The predicted octanol–water partition coefficient (Wildman–Crippen LogP) is 6.58. The van der Waals surface area contributed by atoms with Crippen molar-refractivity contribution in [3.05, 3.63) is 0 Å². The Morgan fingerprint density at radius 1 is 0.588 bits per heavy atom. The van der Waals surface area contributed by atoms with Gasteiger partial charge >= 0.3 is 118 Å². The van der Waals surface area contributed by atoms with Crippen LogP contribution in [0.15, 0.2) is 0 Å². The van der Waals surface area contributed by atoms with E-state index in [1.54, 1.807) is 0 Å². The Kier molecular flexibility index (Phi) is 13.6. The Morgan fingerprint density at radius 2 is 0.941 bits per heavy atom. The van der Waals surface area contributed by atoms with Crippen molar-refractivity contribution in [3.8, 4) is 0 Å². The first-order valence-corrected chi connectivity index (χ1v) is 13.3. The van der Waals surface area contributed by atoms with Gasteiger partial charge in [-0.15, -0.1) is 0 Å². The second kappa shape index (κ2) is 12.5. The molecule has 0 aromatic carbocycles. The van der Waals surface area contributed by atoms with Crippen LogP contribution in [0.3, 0.4) is 0 Å². The third-order valence-corrected chi connectivity index (χ3v) is 6.15. The van der Waals surface area contributed by atoms with Crippen molar-refractivity contribution in [3.63, 3.8) is 0 Å². The molecule has 0 rings (SSSR count). The van der Waals surface area contributed by atoms with Crippen molar-refractivity contribution in [2.45, 2.75) is 77.6 Å². The second-order valence-corrected chi connectivity index (χ2v) is 17.2. The Morgan fingerprint density at radius 3 is 1.29 bits per heavy atom. The molecular formula is C13H31PS3. The summed E-state index contributed by atoms with van der Waals surface area (Å²) in [5, 5.41) is 0. The van der Waals surface area contributed by atoms with E-state index in [2.05, 4.69) is 43.7 Å². The Bertz CT molecular complexity index is 157. The molecule has 0 aliphatic carbocycles. The standard InChI is InChI=1S/C13H31PS3/c1-2-3-4-5-6-7-8-9-10-11-12-13-14(15,16)17/h14-17H,2-13H2,1H3. The average molecular weight is 315 g/mol. The molecular weight excluding hydrogens is 283 g/mol. The molecule has 0 saturated carbocycles. The fourth-order valence-corrected chi connectivity index (χ4v) is 4.17. The van der Waals surface area contributed by atoms with Crippen molar-refractivity contribution < 1.29 is 0 Å². The van der Waals surface area contributed by atoms with E-state index in [1.165, 1.54) is 70.6 Å². The zero-order chi connectivity index (χ0) is 13.0. The van der Waals surface area contributed by atoms with Crippen LogP contribution in [0, 0.1) is 0 Å². The van der Waals surface area contributed by atoms with Gasteiger partial charge in [0, 0.05) is 0 Å². The summed E-state index contributed by atoms with van der Waals surface area (Å²) in [6.45, 7) is 2.28. The van der Waals surface area contributed by atoms with Gasteiger partial charge in [0.05, 0.1) is 0 Å². The molecule has 0 radical (unpaired) electrons. The number of hydrogen-bond acceptors (Lipinski definition) is 3. The zero-order valence-electron chi connectivity index (χ0n) is 11.3. The number of rotatable bonds is 12. The van der Waals surface area contributed by atoms with Gasteiger partial charge in [0.2, 0.25) is 0 Å². The van der Waals surface area contributed by atoms with Crippen LogP contribution in [0.1, 0.15) is 77.6 Å². The van der Waals surface area contributed by atoms with Crippen molar-refractivity contribution in [2.24, 2.45) is 0 Å². The van der Waals surface area contributed by atoms with Gasteiger partial charge in [0.25, 0.3) is 0 Å². The van der Waals surface area contributed by atoms with Crippen LogP contribution in [0.5, 0.6) is 0 Å². The third-order valence-electron chi connectivity index (χ3n) is 3.12. The summed E-state index contributed by atoms with van der Waals surface area (Å²) in [6.07, 6.45) is 16.5. The zero-order valence-corrected chi connectivity index (χ0v) is 15.0. The first-order chi connectivity index (χ1) is 8.06. The Labute approximate surface area is 125 Å². The molecule has 4 heteroatoms. The van der Waals surface area contributed by atoms with Crippen LogP contribution in [0.25, 0.3) is 0 Å². The maximum atomic E-state index is 4.42. The monoisotopic (exact) mass is 314 g/mol. The van der Waals surface area contributed by atoms with Crippen molar-refractivity contribution in [1.82, 2.24) is 0 Å². The molecule has 0 spiro atoms. The quantitative estimate of drug-likeness (QED) is 0.202. The average Bonchev–Trinajstić information content (AvgIpc) is 2.24. The minimum atomic E-state index is -1.67. The summed E-state index contributed by atoms with van der Waals surface area (Å²) in [4.78, 5) is -1.67. The topological polar surface area (TPSA) is 0 Å². The van der Waals surface area contributed by atoms with E-state index < -0.39 is 4.87 Å². The van der Waals surface area contributed by atoms with Crippen molar-refractivity contribution in [1.29, 1.82) is 0 Å². The van der Waals surface area contributed by atoms with E-state index in [9.17, 15) is 0 Å². The van der Waals surface area contributed by atoms with Gasteiger partial charge in [-0.2, -0.15) is 0 Å². The minimum absolute atomic E-state index is 1.12. The molecule has 0 heterocycles. The van der Waals surface area contributed by atoms with E-state index in [-0.39, 0.29) is 0 Å². The van der Waals surface area contributed by atoms with Gasteiger partial charge in [0.15, 0.2) is 0 Å². The summed E-state index contributed by atoms with van der Waals surface area (Å²) in [7, 11) is 0. The summed E-state index contributed by atoms with van der Waals surface area (Å²) >= 11 is 13.3. The molecule has 0 unspecified atom stereocenters. The molecule has 0 fully saturated rings. The first kappa shape index (κ1) is 18.5. The third kappa shape index (κ3) is 17.5. The van der Waals surface area contributed by atoms with Crippen molar-refractivity contribution >= 4 is 41.6 Å². The molecule has 0 aromatic heterocycles. The summed E-state index contributed by atoms with van der Waals surface area (Å²) < 4.78 is 0. The van der Waals surface area contributed by atoms with Gasteiger partial charge in [-0.05, 0) is 0 Å². The number of thiol groups is 3. The summed E-state index contributed by atoms with van der Waals surface area (Å²) in [5.41, 5.74) is 0. The van der Waals surface area contributed by atoms with Crippen LogP contribution in [0.2, 0.25) is 0 Å². The van der Waals surface area contributed by atoms with E-state index in [1.807, 2.05) is 0 Å². The van der Waals surface area contributed by atoms with Crippen LogP contribution < -0.4 is 0 Å². The molecule has 0 aromatic rings.